The van der Waals surface area contributed by atoms with Crippen molar-refractivity contribution in [3.63, 3.8) is 0 Å². The molecular formula is C18H20ClN5. The third-order valence-corrected chi connectivity index (χ3v) is 5.30. The topological polar surface area (TPSA) is 46.8 Å². The molecule has 6 heteroatoms. The molecule has 24 heavy (non-hydrogen) atoms. The van der Waals surface area contributed by atoms with E-state index in [1.807, 2.05) is 30.7 Å². The van der Waals surface area contributed by atoms with Crippen LogP contribution in [0.4, 0.5) is 5.82 Å². The summed E-state index contributed by atoms with van der Waals surface area (Å²) in [7, 11) is 2.01. The van der Waals surface area contributed by atoms with Crippen LogP contribution < -0.4 is 4.90 Å². The summed E-state index contributed by atoms with van der Waals surface area (Å²) in [5.74, 6) is 2.46. The van der Waals surface area contributed by atoms with Crippen molar-refractivity contribution in [1.82, 2.24) is 19.7 Å². The molecule has 3 heterocycles. The molecule has 1 fully saturated rings. The number of piperidine rings is 1. The van der Waals surface area contributed by atoms with Gasteiger partial charge in [0.05, 0.1) is 5.52 Å². The Hall–Kier alpha value is -2.14. The van der Waals surface area contributed by atoms with Crippen molar-refractivity contribution in [2.45, 2.75) is 25.7 Å². The highest BCUT2D eigenvalue weighted by Crippen LogP contribution is 2.30. The number of anilines is 1. The lowest BCUT2D eigenvalue weighted by molar-refractivity contribution is 0.478. The van der Waals surface area contributed by atoms with E-state index in [9.17, 15) is 0 Å². The molecule has 0 aliphatic carbocycles. The number of hydrogen-bond donors (Lipinski definition) is 0. The number of hydrogen-bond acceptors (Lipinski definition) is 4. The third-order valence-electron chi connectivity index (χ3n) is 4.89. The molecule has 5 nitrogen and oxygen atoms in total. The van der Waals surface area contributed by atoms with Crippen LogP contribution in [-0.2, 0) is 7.05 Å². The van der Waals surface area contributed by atoms with Gasteiger partial charge in [0.15, 0.2) is 0 Å². The van der Waals surface area contributed by atoms with Crippen LogP contribution in [0.15, 0.2) is 30.6 Å². The molecular weight excluding hydrogens is 322 g/mol. The van der Waals surface area contributed by atoms with E-state index in [0.29, 0.717) is 5.92 Å². The van der Waals surface area contributed by atoms with Crippen LogP contribution in [0.2, 0.25) is 5.02 Å². The van der Waals surface area contributed by atoms with Crippen molar-refractivity contribution in [2.75, 3.05) is 18.0 Å². The normalized spacial score (nSPS) is 18.3. The third kappa shape index (κ3) is 2.63. The lowest BCUT2D eigenvalue weighted by Crippen LogP contribution is -2.35. The van der Waals surface area contributed by atoms with Crippen LogP contribution in [0.1, 0.15) is 30.1 Å². The maximum atomic E-state index is 6.26. The maximum absolute atomic E-state index is 6.26. The smallest absolute Gasteiger partial charge is 0.137 e. The van der Waals surface area contributed by atoms with Crippen molar-refractivity contribution >= 4 is 28.3 Å². The minimum Gasteiger partial charge on any atom is -0.356 e. The molecule has 0 N–H and O–H groups in total. The Kier molecular flexibility index (Phi) is 3.88. The van der Waals surface area contributed by atoms with Gasteiger partial charge in [-0.2, -0.15) is 0 Å². The Morgan fingerprint density at radius 3 is 2.83 bits per heavy atom. The summed E-state index contributed by atoms with van der Waals surface area (Å²) in [6, 6.07) is 8.20. The van der Waals surface area contributed by atoms with Crippen LogP contribution in [-0.4, -0.2) is 32.8 Å². The highest BCUT2D eigenvalue weighted by atomic mass is 35.5. The molecule has 0 spiro atoms. The van der Waals surface area contributed by atoms with E-state index >= 15 is 0 Å². The van der Waals surface area contributed by atoms with Crippen LogP contribution in [0, 0.1) is 6.92 Å². The Morgan fingerprint density at radius 2 is 2.04 bits per heavy atom. The van der Waals surface area contributed by atoms with E-state index in [4.69, 9.17) is 16.6 Å². The minimum absolute atomic E-state index is 0.393. The molecule has 0 amide bonds. The summed E-state index contributed by atoms with van der Waals surface area (Å²) >= 11 is 6.26. The van der Waals surface area contributed by atoms with Crippen molar-refractivity contribution in [3.8, 4) is 0 Å². The highest BCUT2D eigenvalue weighted by Gasteiger charge is 2.25. The number of pyridine rings is 1. The highest BCUT2D eigenvalue weighted by molar-refractivity contribution is 6.32. The SMILES string of the molecule is Cc1c(Cl)ccc2ccc(N3CCC[C@H](c4nncn4C)C3)nc12. The summed E-state index contributed by atoms with van der Waals surface area (Å²) in [5, 5.41) is 10.2. The van der Waals surface area contributed by atoms with Gasteiger partial charge in [-0.3, -0.25) is 0 Å². The molecule has 3 aromatic rings. The van der Waals surface area contributed by atoms with Gasteiger partial charge < -0.3 is 9.47 Å². The van der Waals surface area contributed by atoms with E-state index in [1.165, 1.54) is 0 Å². The molecule has 1 aliphatic rings. The fourth-order valence-electron chi connectivity index (χ4n) is 3.53. The number of aromatic nitrogens is 4. The number of benzene rings is 1. The summed E-state index contributed by atoms with van der Waals surface area (Å²) in [6.07, 6.45) is 4.04. The lowest BCUT2D eigenvalue weighted by Gasteiger charge is -2.33. The summed E-state index contributed by atoms with van der Waals surface area (Å²) < 4.78 is 2.02. The minimum atomic E-state index is 0.393. The van der Waals surface area contributed by atoms with Gasteiger partial charge in [0, 0.05) is 36.5 Å². The van der Waals surface area contributed by atoms with Gasteiger partial charge in [0.1, 0.15) is 18.0 Å². The van der Waals surface area contributed by atoms with E-state index in [-0.39, 0.29) is 0 Å². The predicted octanol–water partition coefficient (Wildman–Crippen LogP) is 3.71. The van der Waals surface area contributed by atoms with Gasteiger partial charge in [0.25, 0.3) is 0 Å². The molecule has 4 rings (SSSR count). The largest absolute Gasteiger partial charge is 0.356 e. The van der Waals surface area contributed by atoms with Gasteiger partial charge in [-0.25, -0.2) is 4.98 Å². The van der Waals surface area contributed by atoms with Crippen molar-refractivity contribution < 1.29 is 0 Å². The summed E-state index contributed by atoms with van der Waals surface area (Å²) in [4.78, 5) is 7.25. The van der Waals surface area contributed by atoms with Crippen molar-refractivity contribution in [1.29, 1.82) is 0 Å². The molecule has 0 saturated carbocycles. The van der Waals surface area contributed by atoms with E-state index < -0.39 is 0 Å². The summed E-state index contributed by atoms with van der Waals surface area (Å²) in [6.45, 7) is 3.97. The number of aryl methyl sites for hydroxylation is 2. The average molecular weight is 342 g/mol. The first-order chi connectivity index (χ1) is 11.6. The molecule has 2 aromatic heterocycles. The lowest BCUT2D eigenvalue weighted by atomic mass is 9.97. The fraction of sp³-hybridized carbons (Fsp3) is 0.389. The maximum Gasteiger partial charge on any atom is 0.137 e. The van der Waals surface area contributed by atoms with Gasteiger partial charge in [-0.05, 0) is 43.5 Å². The Balaban J connectivity index is 1.67. The van der Waals surface area contributed by atoms with Crippen LogP contribution >= 0.6 is 11.6 Å². The number of fused-ring (bicyclic) bond motifs is 1. The van der Waals surface area contributed by atoms with E-state index in [0.717, 1.165) is 59.1 Å². The standard InChI is InChI=1S/C18H20ClN5/c1-12-15(19)7-5-13-6-8-16(21-17(12)13)24-9-3-4-14(10-24)18-22-20-11-23(18)2/h5-8,11,14H,3-4,9-10H2,1-2H3/t14-/m0/s1. The summed E-state index contributed by atoms with van der Waals surface area (Å²) in [5.41, 5.74) is 2.03. The first kappa shape index (κ1) is 15.4. The average Bonchev–Trinajstić information content (AvgIpc) is 3.04. The predicted molar refractivity (Wildman–Crippen MR) is 96.7 cm³/mol. The van der Waals surface area contributed by atoms with Gasteiger partial charge in [-0.15, -0.1) is 10.2 Å². The first-order valence-corrected chi connectivity index (χ1v) is 8.66. The molecule has 0 radical (unpaired) electrons. The van der Waals surface area contributed by atoms with Gasteiger partial charge in [-0.1, -0.05) is 17.7 Å². The monoisotopic (exact) mass is 341 g/mol. The molecule has 1 aliphatic heterocycles. The van der Waals surface area contributed by atoms with Gasteiger partial charge >= 0.3 is 0 Å². The zero-order valence-corrected chi connectivity index (χ0v) is 14.7. The second-order valence-electron chi connectivity index (χ2n) is 6.50. The quantitative estimate of drug-likeness (QED) is 0.713. The number of halogens is 1. The number of nitrogens with zero attached hydrogens (tertiary/aromatic N) is 5. The fourth-order valence-corrected chi connectivity index (χ4v) is 3.68. The van der Waals surface area contributed by atoms with E-state index in [2.05, 4.69) is 27.2 Å². The second kappa shape index (κ2) is 6.06. The van der Waals surface area contributed by atoms with Crippen LogP contribution in [0.3, 0.4) is 0 Å². The molecule has 0 bridgehead atoms. The van der Waals surface area contributed by atoms with Crippen molar-refractivity contribution in [3.05, 3.63) is 47.0 Å². The second-order valence-corrected chi connectivity index (χ2v) is 6.91. The first-order valence-electron chi connectivity index (χ1n) is 8.28. The molecule has 124 valence electrons. The number of rotatable bonds is 2. The Morgan fingerprint density at radius 1 is 1.21 bits per heavy atom. The van der Waals surface area contributed by atoms with E-state index in [1.54, 1.807) is 6.33 Å². The molecule has 1 atom stereocenters. The van der Waals surface area contributed by atoms with Gasteiger partial charge in [0.2, 0.25) is 0 Å². The zero-order chi connectivity index (χ0) is 16.7. The van der Waals surface area contributed by atoms with Crippen LogP contribution in [0.25, 0.3) is 10.9 Å². The zero-order valence-electron chi connectivity index (χ0n) is 13.9. The molecule has 1 aromatic carbocycles. The van der Waals surface area contributed by atoms with Crippen LogP contribution in [0.5, 0.6) is 0 Å². The Labute approximate surface area is 146 Å². The Bertz CT molecular complexity index is 888. The molecule has 1 saturated heterocycles. The molecule has 0 unspecified atom stereocenters. The van der Waals surface area contributed by atoms with Crippen molar-refractivity contribution in [2.24, 2.45) is 7.05 Å².